The van der Waals surface area contributed by atoms with Crippen molar-refractivity contribution < 1.29 is 14.3 Å². The lowest BCUT2D eigenvalue weighted by Gasteiger charge is -2.44. The van der Waals surface area contributed by atoms with Gasteiger partial charge in [0.15, 0.2) is 0 Å². The van der Waals surface area contributed by atoms with Crippen LogP contribution in [0.5, 0.6) is 0 Å². The molecule has 0 saturated heterocycles. The van der Waals surface area contributed by atoms with Crippen LogP contribution in [0.25, 0.3) is 11.0 Å². The van der Waals surface area contributed by atoms with Crippen LogP contribution in [0, 0.1) is 6.92 Å². The van der Waals surface area contributed by atoms with Gasteiger partial charge in [-0.3, -0.25) is 4.79 Å². The van der Waals surface area contributed by atoms with Crippen LogP contribution in [0.3, 0.4) is 0 Å². The lowest BCUT2D eigenvalue weighted by molar-refractivity contribution is -0.117. The first-order valence-corrected chi connectivity index (χ1v) is 10.4. The van der Waals surface area contributed by atoms with Crippen molar-refractivity contribution in [3.05, 3.63) is 59.1 Å². The molecule has 152 valence electrons. The third-order valence-electron chi connectivity index (χ3n) is 6.53. The molecule has 1 aromatic heterocycles. The average molecular weight is 393 g/mol. The number of rotatable bonds is 3. The molecule has 3 aliphatic rings. The average Bonchev–Trinajstić information content (AvgIpc) is 3.23. The van der Waals surface area contributed by atoms with Crippen molar-refractivity contribution >= 4 is 16.9 Å². The number of hydrogen-bond donors (Lipinski definition) is 3. The van der Waals surface area contributed by atoms with Crippen molar-refractivity contribution in [2.24, 2.45) is 0 Å². The molecule has 3 heterocycles. The number of carbonyl (C=O) groups excluding carboxylic acids is 1. The van der Waals surface area contributed by atoms with Crippen molar-refractivity contribution in [1.29, 1.82) is 0 Å². The van der Waals surface area contributed by atoms with Gasteiger partial charge in [0.05, 0.1) is 24.8 Å². The maximum absolute atomic E-state index is 13.0. The number of aliphatic hydroxyl groups is 1. The van der Waals surface area contributed by atoms with E-state index in [2.05, 4.69) is 22.1 Å². The molecule has 1 aliphatic carbocycles. The summed E-state index contributed by atoms with van der Waals surface area (Å²) in [5.41, 5.74) is 4.07. The van der Waals surface area contributed by atoms with Crippen LogP contribution in [-0.4, -0.2) is 41.1 Å². The molecular weight excluding hydrogens is 366 g/mol. The number of aliphatic hydroxyl groups excluding tert-OH is 1. The molecule has 0 spiro atoms. The lowest BCUT2D eigenvalue weighted by Crippen LogP contribution is -2.51. The van der Waals surface area contributed by atoms with Gasteiger partial charge in [-0.1, -0.05) is 37.6 Å². The zero-order valence-electron chi connectivity index (χ0n) is 16.7. The molecule has 1 aromatic carbocycles. The maximum Gasteiger partial charge on any atom is 0.251 e. The van der Waals surface area contributed by atoms with Crippen LogP contribution in [0.2, 0.25) is 0 Å². The highest BCUT2D eigenvalue weighted by Gasteiger charge is 2.45. The molecular formula is C23H27N3O3. The Morgan fingerprint density at radius 3 is 3.00 bits per heavy atom. The van der Waals surface area contributed by atoms with E-state index in [0.717, 1.165) is 59.2 Å². The zero-order chi connectivity index (χ0) is 20.1. The molecule has 0 unspecified atom stereocenters. The van der Waals surface area contributed by atoms with Crippen molar-refractivity contribution in [3.63, 3.8) is 0 Å². The zero-order valence-corrected chi connectivity index (χ0v) is 16.7. The van der Waals surface area contributed by atoms with Crippen LogP contribution in [0.15, 0.2) is 52.2 Å². The highest BCUT2D eigenvalue weighted by Crippen LogP contribution is 2.44. The topological polar surface area (TPSA) is 77.7 Å². The third kappa shape index (κ3) is 2.85. The molecule has 2 aromatic rings. The smallest absolute Gasteiger partial charge is 0.251 e. The van der Waals surface area contributed by atoms with Crippen LogP contribution < -0.4 is 10.6 Å². The van der Waals surface area contributed by atoms with Gasteiger partial charge in [-0.25, -0.2) is 0 Å². The van der Waals surface area contributed by atoms with Gasteiger partial charge in [0, 0.05) is 34.4 Å². The van der Waals surface area contributed by atoms with E-state index in [-0.39, 0.29) is 30.6 Å². The normalized spacial score (nSPS) is 26.6. The van der Waals surface area contributed by atoms with Gasteiger partial charge in [-0.15, -0.1) is 0 Å². The molecule has 3 N–H and O–H groups in total. The van der Waals surface area contributed by atoms with E-state index in [1.165, 1.54) is 0 Å². The quantitative estimate of drug-likeness (QED) is 0.747. The van der Waals surface area contributed by atoms with Crippen molar-refractivity contribution in [1.82, 2.24) is 15.5 Å². The van der Waals surface area contributed by atoms with Crippen molar-refractivity contribution in [2.45, 2.75) is 50.7 Å². The number of hydrogen-bond acceptors (Lipinski definition) is 5. The fourth-order valence-electron chi connectivity index (χ4n) is 5.31. The number of nitrogens with zero attached hydrogens (tertiary/aromatic N) is 1. The number of carbonyl (C=O) groups is 1. The standard InChI is InChI=1S/C23H27N3O3/c1-13(12-27)26-19-9-4-3-8-17(19)25-18-11-24-23(28)20(18)21(26)16-7-5-6-15-10-14(2)29-22(15)16/h5-7,10,17,19,21,25,27H,1,3-4,8-9,11-12H2,2H3,(H,24,28)/t17-,19-,21-/m1/s1. The number of furan rings is 1. The molecule has 2 aliphatic heterocycles. The molecule has 6 nitrogen and oxygen atoms in total. The largest absolute Gasteiger partial charge is 0.461 e. The van der Waals surface area contributed by atoms with Crippen LogP contribution >= 0.6 is 0 Å². The van der Waals surface area contributed by atoms with Crippen molar-refractivity contribution in [3.8, 4) is 0 Å². The molecule has 1 fully saturated rings. The van der Waals surface area contributed by atoms with E-state index >= 15 is 0 Å². The molecule has 29 heavy (non-hydrogen) atoms. The predicted octanol–water partition coefficient (Wildman–Crippen LogP) is 2.89. The number of para-hydroxylation sites is 1. The van der Waals surface area contributed by atoms with E-state index in [1.807, 2.05) is 31.2 Å². The Labute approximate surface area is 170 Å². The second-order valence-electron chi connectivity index (χ2n) is 8.33. The summed E-state index contributed by atoms with van der Waals surface area (Å²) in [5, 5.41) is 17.7. The van der Waals surface area contributed by atoms with E-state index in [1.54, 1.807) is 0 Å². The van der Waals surface area contributed by atoms with Crippen LogP contribution in [-0.2, 0) is 4.79 Å². The minimum absolute atomic E-state index is 0.0628. The summed E-state index contributed by atoms with van der Waals surface area (Å²) in [7, 11) is 0. The maximum atomic E-state index is 13.0. The Kier molecular flexibility index (Phi) is 4.39. The van der Waals surface area contributed by atoms with Crippen LogP contribution in [0.1, 0.15) is 43.0 Å². The van der Waals surface area contributed by atoms with E-state index in [9.17, 15) is 9.90 Å². The summed E-state index contributed by atoms with van der Waals surface area (Å²) in [6.45, 7) is 6.50. The van der Waals surface area contributed by atoms with Gasteiger partial charge >= 0.3 is 0 Å². The summed E-state index contributed by atoms with van der Waals surface area (Å²) in [5.74, 6) is 0.777. The minimum atomic E-state index is -0.345. The summed E-state index contributed by atoms with van der Waals surface area (Å²) in [4.78, 5) is 15.2. The number of fused-ring (bicyclic) bond motifs is 2. The number of nitrogens with one attached hydrogen (secondary N) is 2. The van der Waals surface area contributed by atoms with Gasteiger partial charge in [-0.05, 0) is 25.8 Å². The second-order valence-corrected chi connectivity index (χ2v) is 8.33. The Bertz CT molecular complexity index is 1020. The Morgan fingerprint density at radius 2 is 2.17 bits per heavy atom. The Balaban J connectivity index is 1.76. The Morgan fingerprint density at radius 1 is 1.34 bits per heavy atom. The monoisotopic (exact) mass is 393 g/mol. The summed E-state index contributed by atoms with van der Waals surface area (Å²) in [6.07, 6.45) is 4.34. The second kappa shape index (κ2) is 6.95. The molecule has 6 heteroatoms. The van der Waals surface area contributed by atoms with E-state index < -0.39 is 0 Å². The van der Waals surface area contributed by atoms with E-state index in [4.69, 9.17) is 4.42 Å². The van der Waals surface area contributed by atoms with Crippen LogP contribution in [0.4, 0.5) is 0 Å². The van der Waals surface area contributed by atoms with E-state index in [0.29, 0.717) is 12.2 Å². The third-order valence-corrected chi connectivity index (χ3v) is 6.53. The predicted molar refractivity (Wildman–Crippen MR) is 111 cm³/mol. The minimum Gasteiger partial charge on any atom is -0.461 e. The first kappa shape index (κ1) is 18.3. The van der Waals surface area contributed by atoms with Gasteiger partial charge < -0.3 is 25.1 Å². The summed E-state index contributed by atoms with van der Waals surface area (Å²) >= 11 is 0. The summed E-state index contributed by atoms with van der Waals surface area (Å²) < 4.78 is 6.08. The number of amides is 1. The highest BCUT2D eigenvalue weighted by atomic mass is 16.3. The number of benzene rings is 1. The first-order chi connectivity index (χ1) is 14.1. The molecule has 5 rings (SSSR count). The van der Waals surface area contributed by atoms with Gasteiger partial charge in [0.25, 0.3) is 5.91 Å². The molecule has 3 atom stereocenters. The molecule has 0 bridgehead atoms. The molecule has 1 amide bonds. The van der Waals surface area contributed by atoms with Gasteiger partial charge in [0.1, 0.15) is 11.3 Å². The van der Waals surface area contributed by atoms with Gasteiger partial charge in [-0.2, -0.15) is 0 Å². The highest BCUT2D eigenvalue weighted by molar-refractivity contribution is 5.99. The lowest BCUT2D eigenvalue weighted by atomic mass is 9.86. The van der Waals surface area contributed by atoms with Crippen molar-refractivity contribution in [2.75, 3.05) is 13.2 Å². The molecule has 0 radical (unpaired) electrons. The first-order valence-electron chi connectivity index (χ1n) is 10.4. The fourth-order valence-corrected chi connectivity index (χ4v) is 5.31. The molecule has 1 saturated carbocycles. The summed E-state index contributed by atoms with van der Waals surface area (Å²) in [6, 6.07) is 8.14. The SMILES string of the molecule is C=C(CO)N1[C@@H]2CCCC[C@H]2NC2=C(C(=O)NC2)[C@H]1c1cccc2cc(C)oc12. The number of aryl methyl sites for hydroxylation is 1. The fraction of sp³-hybridized carbons (Fsp3) is 0.435. The van der Waals surface area contributed by atoms with Gasteiger partial charge in [0.2, 0.25) is 0 Å². The Hall–Kier alpha value is -2.73.